The van der Waals surface area contributed by atoms with Gasteiger partial charge in [-0.1, -0.05) is 0 Å². The molecule has 112 valence electrons. The third kappa shape index (κ3) is 2.50. The van der Waals surface area contributed by atoms with Crippen molar-refractivity contribution >= 4 is 16.9 Å². The Kier molecular flexibility index (Phi) is 3.30. The summed E-state index contributed by atoms with van der Waals surface area (Å²) >= 11 is 0. The first-order chi connectivity index (χ1) is 10.3. The van der Waals surface area contributed by atoms with Crippen molar-refractivity contribution in [2.24, 2.45) is 13.0 Å². The number of aromatic nitrogens is 3. The molecule has 5 nitrogen and oxygen atoms in total. The van der Waals surface area contributed by atoms with E-state index < -0.39 is 0 Å². The summed E-state index contributed by atoms with van der Waals surface area (Å²) in [6.45, 7) is 3.43. The Bertz CT molecular complexity index is 625. The van der Waals surface area contributed by atoms with Gasteiger partial charge in [0.15, 0.2) is 5.82 Å². The first-order valence-electron chi connectivity index (χ1n) is 8.06. The van der Waals surface area contributed by atoms with Crippen molar-refractivity contribution < 1.29 is 0 Å². The Labute approximate surface area is 125 Å². The van der Waals surface area contributed by atoms with E-state index in [-0.39, 0.29) is 0 Å². The van der Waals surface area contributed by atoms with E-state index >= 15 is 0 Å². The van der Waals surface area contributed by atoms with Crippen LogP contribution in [0.2, 0.25) is 0 Å². The van der Waals surface area contributed by atoms with Crippen molar-refractivity contribution in [2.45, 2.75) is 31.7 Å². The van der Waals surface area contributed by atoms with Crippen LogP contribution in [-0.2, 0) is 7.05 Å². The van der Waals surface area contributed by atoms with Crippen LogP contribution < -0.4 is 10.2 Å². The quantitative estimate of drug-likeness (QED) is 0.932. The van der Waals surface area contributed by atoms with Crippen LogP contribution in [0.25, 0.3) is 11.0 Å². The number of rotatable bonds is 4. The highest BCUT2D eigenvalue weighted by Gasteiger charge is 2.33. The van der Waals surface area contributed by atoms with Gasteiger partial charge in [-0.3, -0.25) is 0 Å². The standard InChI is InChI=1S/C16H23N5/c1-20-11-19-15-14(20)6-8-18-16(15)21(13-4-5-13)10-12-3-2-7-17-9-12/h6,8,11-13,17H,2-5,7,9-10H2,1H3. The first kappa shape index (κ1) is 13.1. The summed E-state index contributed by atoms with van der Waals surface area (Å²) < 4.78 is 2.08. The predicted molar refractivity (Wildman–Crippen MR) is 84.5 cm³/mol. The molecule has 1 atom stereocenters. The second kappa shape index (κ2) is 5.30. The second-order valence-corrected chi connectivity index (χ2v) is 6.45. The van der Waals surface area contributed by atoms with E-state index in [2.05, 4.69) is 30.8 Å². The van der Waals surface area contributed by atoms with E-state index in [1.54, 1.807) is 0 Å². The lowest BCUT2D eigenvalue weighted by atomic mass is 9.99. The molecular formula is C16H23N5. The van der Waals surface area contributed by atoms with Crippen LogP contribution >= 0.6 is 0 Å². The molecule has 4 rings (SSSR count). The molecule has 2 aromatic rings. The van der Waals surface area contributed by atoms with Crippen molar-refractivity contribution in [1.29, 1.82) is 0 Å². The van der Waals surface area contributed by atoms with Gasteiger partial charge >= 0.3 is 0 Å². The highest BCUT2D eigenvalue weighted by molar-refractivity contribution is 5.86. The molecule has 1 saturated heterocycles. The zero-order valence-corrected chi connectivity index (χ0v) is 12.6. The van der Waals surface area contributed by atoms with E-state index in [0.717, 1.165) is 30.3 Å². The van der Waals surface area contributed by atoms with E-state index in [4.69, 9.17) is 0 Å². The summed E-state index contributed by atoms with van der Waals surface area (Å²) in [6, 6.07) is 2.73. The highest BCUT2D eigenvalue weighted by Crippen LogP contribution is 2.34. The number of nitrogens with one attached hydrogen (secondary N) is 1. The van der Waals surface area contributed by atoms with Gasteiger partial charge in [-0.2, -0.15) is 0 Å². The molecule has 3 heterocycles. The van der Waals surface area contributed by atoms with E-state index in [9.17, 15) is 0 Å². The van der Waals surface area contributed by atoms with Crippen molar-refractivity contribution in [3.05, 3.63) is 18.6 Å². The maximum atomic E-state index is 4.68. The maximum absolute atomic E-state index is 4.68. The van der Waals surface area contributed by atoms with E-state index in [1.165, 1.54) is 37.7 Å². The minimum atomic E-state index is 0.673. The van der Waals surface area contributed by atoms with Crippen LogP contribution in [-0.4, -0.2) is 40.2 Å². The molecule has 5 heteroatoms. The Morgan fingerprint density at radius 3 is 3.00 bits per heavy atom. The van der Waals surface area contributed by atoms with Gasteiger partial charge in [0.1, 0.15) is 5.52 Å². The predicted octanol–water partition coefficient (Wildman–Crippen LogP) is 1.94. The molecule has 1 aliphatic carbocycles. The molecule has 0 radical (unpaired) electrons. The third-order valence-electron chi connectivity index (χ3n) is 4.74. The summed E-state index contributed by atoms with van der Waals surface area (Å²) in [5, 5.41) is 3.53. The largest absolute Gasteiger partial charge is 0.351 e. The summed E-state index contributed by atoms with van der Waals surface area (Å²) in [4.78, 5) is 11.8. The maximum Gasteiger partial charge on any atom is 0.157 e. The Balaban J connectivity index is 1.65. The fourth-order valence-corrected chi connectivity index (χ4v) is 3.41. The lowest BCUT2D eigenvalue weighted by Crippen LogP contribution is -2.39. The van der Waals surface area contributed by atoms with Gasteiger partial charge in [-0.15, -0.1) is 0 Å². The smallest absolute Gasteiger partial charge is 0.157 e. The number of hydrogen-bond donors (Lipinski definition) is 1. The van der Waals surface area contributed by atoms with Crippen LogP contribution in [0.5, 0.6) is 0 Å². The lowest BCUT2D eigenvalue weighted by molar-refractivity contribution is 0.375. The fraction of sp³-hybridized carbons (Fsp3) is 0.625. The number of nitrogens with zero attached hydrogens (tertiary/aromatic N) is 4. The van der Waals surface area contributed by atoms with Crippen LogP contribution in [0.3, 0.4) is 0 Å². The molecule has 1 aliphatic heterocycles. The number of anilines is 1. The van der Waals surface area contributed by atoms with Gasteiger partial charge in [0.05, 0.1) is 11.8 Å². The average Bonchev–Trinajstić information content (AvgIpc) is 3.30. The normalized spacial score (nSPS) is 22.6. The number of hydrogen-bond acceptors (Lipinski definition) is 4. The number of imidazole rings is 1. The molecule has 2 aromatic heterocycles. The molecule has 2 aliphatic rings. The Hall–Kier alpha value is -1.62. The summed E-state index contributed by atoms with van der Waals surface area (Å²) in [5.74, 6) is 1.82. The van der Waals surface area contributed by atoms with Crippen LogP contribution in [0, 0.1) is 5.92 Å². The van der Waals surface area contributed by atoms with Crippen molar-refractivity contribution in [1.82, 2.24) is 19.9 Å². The van der Waals surface area contributed by atoms with Gasteiger partial charge in [0.2, 0.25) is 0 Å². The monoisotopic (exact) mass is 285 g/mol. The lowest BCUT2D eigenvalue weighted by Gasteiger charge is -2.31. The number of fused-ring (bicyclic) bond motifs is 1. The van der Waals surface area contributed by atoms with Gasteiger partial charge in [0, 0.05) is 25.8 Å². The topological polar surface area (TPSA) is 46.0 Å². The number of aryl methyl sites for hydroxylation is 1. The van der Waals surface area contributed by atoms with Gasteiger partial charge in [-0.05, 0) is 50.8 Å². The van der Waals surface area contributed by atoms with Crippen LogP contribution in [0.1, 0.15) is 25.7 Å². The Morgan fingerprint density at radius 1 is 1.33 bits per heavy atom. The minimum absolute atomic E-state index is 0.673. The molecule has 2 fully saturated rings. The van der Waals surface area contributed by atoms with E-state index in [0.29, 0.717) is 6.04 Å². The molecule has 1 unspecified atom stereocenters. The highest BCUT2D eigenvalue weighted by atomic mass is 15.2. The number of piperidine rings is 1. The van der Waals surface area contributed by atoms with Gasteiger partial charge in [0.25, 0.3) is 0 Å². The molecule has 1 saturated carbocycles. The zero-order chi connectivity index (χ0) is 14.2. The van der Waals surface area contributed by atoms with Crippen molar-refractivity contribution in [3.8, 4) is 0 Å². The molecule has 0 aromatic carbocycles. The third-order valence-corrected chi connectivity index (χ3v) is 4.74. The summed E-state index contributed by atoms with van der Waals surface area (Å²) in [7, 11) is 2.05. The Morgan fingerprint density at radius 2 is 2.24 bits per heavy atom. The fourth-order valence-electron chi connectivity index (χ4n) is 3.41. The minimum Gasteiger partial charge on any atom is -0.351 e. The number of pyridine rings is 1. The SMILES string of the molecule is Cn1cnc2c(N(CC3CCCNC3)C3CC3)nccc21. The van der Waals surface area contributed by atoms with Crippen LogP contribution in [0.15, 0.2) is 18.6 Å². The molecule has 0 spiro atoms. The molecule has 21 heavy (non-hydrogen) atoms. The summed E-state index contributed by atoms with van der Waals surface area (Å²) in [6.07, 6.45) is 9.03. The van der Waals surface area contributed by atoms with Crippen molar-refractivity contribution in [2.75, 3.05) is 24.5 Å². The average molecular weight is 285 g/mol. The summed E-state index contributed by atoms with van der Waals surface area (Å²) in [5.41, 5.74) is 2.23. The first-order valence-corrected chi connectivity index (χ1v) is 8.06. The molecular weight excluding hydrogens is 262 g/mol. The van der Waals surface area contributed by atoms with Gasteiger partial charge < -0.3 is 14.8 Å². The molecule has 0 amide bonds. The van der Waals surface area contributed by atoms with E-state index in [1.807, 2.05) is 19.6 Å². The van der Waals surface area contributed by atoms with Crippen molar-refractivity contribution in [3.63, 3.8) is 0 Å². The second-order valence-electron chi connectivity index (χ2n) is 6.45. The van der Waals surface area contributed by atoms with Crippen LogP contribution in [0.4, 0.5) is 5.82 Å². The van der Waals surface area contributed by atoms with Gasteiger partial charge in [-0.25, -0.2) is 9.97 Å². The molecule has 1 N–H and O–H groups in total. The molecule has 0 bridgehead atoms. The zero-order valence-electron chi connectivity index (χ0n) is 12.6.